The lowest BCUT2D eigenvalue weighted by atomic mass is 10.4. The molecule has 2 aromatic heterocycles. The van der Waals surface area contributed by atoms with E-state index >= 15 is 0 Å². The smallest absolute Gasteiger partial charge is 0.314 e. The second kappa shape index (κ2) is 9.97. The van der Waals surface area contributed by atoms with E-state index in [0.717, 1.165) is 19.5 Å². The van der Waals surface area contributed by atoms with Crippen LogP contribution in [0.15, 0.2) is 17.4 Å². The Labute approximate surface area is 153 Å². The lowest BCUT2D eigenvalue weighted by Crippen LogP contribution is -2.31. The van der Waals surface area contributed by atoms with E-state index in [1.165, 1.54) is 6.33 Å². The summed E-state index contributed by atoms with van der Waals surface area (Å²) in [5.41, 5.74) is 0.666. The molecule has 0 unspecified atom stereocenters. The van der Waals surface area contributed by atoms with E-state index in [0.29, 0.717) is 43.6 Å². The average molecular weight is 385 g/mol. The highest BCUT2D eigenvalue weighted by molar-refractivity contribution is 7.53. The van der Waals surface area contributed by atoms with E-state index in [4.69, 9.17) is 9.05 Å². The highest BCUT2D eigenvalue weighted by Crippen LogP contribution is 2.47. The number of rotatable bonds is 12. The molecule has 2 aromatic rings. The van der Waals surface area contributed by atoms with Gasteiger partial charge in [-0.2, -0.15) is 0 Å². The predicted molar refractivity (Wildman–Crippen MR) is 101 cm³/mol. The van der Waals surface area contributed by atoms with Gasteiger partial charge in [-0.1, -0.05) is 6.92 Å². The fourth-order valence-corrected chi connectivity index (χ4v) is 4.43. The molecule has 0 atom stereocenters. The molecular weight excluding hydrogens is 357 g/mol. The third-order valence-corrected chi connectivity index (χ3v) is 6.00. The van der Waals surface area contributed by atoms with E-state index in [2.05, 4.69) is 26.8 Å². The van der Waals surface area contributed by atoms with Crippen LogP contribution in [0.4, 0.5) is 0 Å². The van der Waals surface area contributed by atoms with Gasteiger partial charge in [0, 0.05) is 19.6 Å². The maximum Gasteiger partial charge on any atom is 0.331 e. The number of imidazole rings is 1. The number of aromatic nitrogens is 4. The number of aromatic amines is 1. The summed E-state index contributed by atoms with van der Waals surface area (Å²) in [6, 6.07) is 0. The van der Waals surface area contributed by atoms with Gasteiger partial charge < -0.3 is 23.5 Å². The molecular formula is C16H28N5O4P. The van der Waals surface area contributed by atoms with Crippen molar-refractivity contribution in [3.63, 3.8) is 0 Å². The van der Waals surface area contributed by atoms with Gasteiger partial charge in [0.05, 0.1) is 32.0 Å². The van der Waals surface area contributed by atoms with Gasteiger partial charge in [0.1, 0.15) is 0 Å². The summed E-state index contributed by atoms with van der Waals surface area (Å²) in [4.78, 5) is 24.8. The van der Waals surface area contributed by atoms with Gasteiger partial charge >= 0.3 is 7.60 Å². The summed E-state index contributed by atoms with van der Waals surface area (Å²) >= 11 is 0. The minimum absolute atomic E-state index is 0.242. The van der Waals surface area contributed by atoms with Gasteiger partial charge in [0.25, 0.3) is 5.56 Å². The van der Waals surface area contributed by atoms with Crippen molar-refractivity contribution in [2.45, 2.75) is 33.7 Å². The Bertz CT molecular complexity index is 780. The molecule has 0 spiro atoms. The number of hydrogen-bond donors (Lipinski definition) is 1. The number of nitrogens with one attached hydrogen (secondary N) is 1. The van der Waals surface area contributed by atoms with Gasteiger partial charge in [-0.3, -0.25) is 9.36 Å². The first kappa shape index (κ1) is 20.8. The Morgan fingerprint density at radius 1 is 1.15 bits per heavy atom. The standard InChI is InChI=1S/C16H28N5O4P/c1-4-7-20(10-11-26(23,24-5-2)25-6-3)8-9-21-13-19-14-15(21)17-12-18-16(14)22/h12-13H,4-11H2,1-3H3,(H,17,18,22). The predicted octanol–water partition coefficient (Wildman–Crippen LogP) is 2.10. The lowest BCUT2D eigenvalue weighted by molar-refractivity contribution is 0.210. The van der Waals surface area contributed by atoms with Crippen molar-refractivity contribution in [1.29, 1.82) is 0 Å². The van der Waals surface area contributed by atoms with Crippen LogP contribution in [0.2, 0.25) is 0 Å². The first-order valence-corrected chi connectivity index (χ1v) is 10.7. The molecule has 146 valence electrons. The summed E-state index contributed by atoms with van der Waals surface area (Å²) in [7, 11) is -3.04. The number of H-pyrrole nitrogens is 1. The van der Waals surface area contributed by atoms with Crippen molar-refractivity contribution in [2.75, 3.05) is 39.0 Å². The van der Waals surface area contributed by atoms with Crippen molar-refractivity contribution < 1.29 is 13.6 Å². The molecule has 0 fully saturated rings. The molecule has 1 N–H and O–H groups in total. The van der Waals surface area contributed by atoms with Crippen molar-refractivity contribution in [3.05, 3.63) is 23.0 Å². The molecule has 2 rings (SSSR count). The quantitative estimate of drug-likeness (QED) is 0.558. The molecule has 0 saturated carbocycles. The van der Waals surface area contributed by atoms with Gasteiger partial charge in [0.15, 0.2) is 11.2 Å². The van der Waals surface area contributed by atoms with Crippen LogP contribution in [0.3, 0.4) is 0 Å². The molecule has 0 aliphatic heterocycles. The highest BCUT2D eigenvalue weighted by Gasteiger charge is 2.24. The van der Waals surface area contributed by atoms with Gasteiger partial charge in [-0.25, -0.2) is 9.97 Å². The van der Waals surface area contributed by atoms with Crippen LogP contribution in [-0.2, 0) is 20.2 Å². The van der Waals surface area contributed by atoms with Crippen LogP contribution < -0.4 is 5.56 Å². The molecule has 26 heavy (non-hydrogen) atoms. The van der Waals surface area contributed by atoms with Crippen molar-refractivity contribution in [1.82, 2.24) is 24.4 Å². The molecule has 0 bridgehead atoms. The van der Waals surface area contributed by atoms with Gasteiger partial charge in [-0.15, -0.1) is 0 Å². The molecule has 0 aliphatic rings. The van der Waals surface area contributed by atoms with Gasteiger partial charge in [0.2, 0.25) is 0 Å². The Morgan fingerprint density at radius 2 is 1.88 bits per heavy atom. The molecule has 0 saturated heterocycles. The minimum atomic E-state index is -3.04. The zero-order valence-electron chi connectivity index (χ0n) is 15.7. The largest absolute Gasteiger partial charge is 0.331 e. The number of fused-ring (bicyclic) bond motifs is 1. The van der Waals surface area contributed by atoms with E-state index in [9.17, 15) is 9.36 Å². The molecule has 0 aliphatic carbocycles. The summed E-state index contributed by atoms with van der Waals surface area (Å²) in [6.45, 7) is 9.32. The Kier molecular flexibility index (Phi) is 7.96. The fraction of sp³-hybridized carbons (Fsp3) is 0.688. The zero-order valence-corrected chi connectivity index (χ0v) is 16.6. The second-order valence-electron chi connectivity index (χ2n) is 5.85. The molecule has 10 heteroatoms. The Hall–Kier alpha value is -1.54. The van der Waals surface area contributed by atoms with Crippen LogP contribution in [0.5, 0.6) is 0 Å². The van der Waals surface area contributed by atoms with Crippen LogP contribution in [-0.4, -0.2) is 63.4 Å². The maximum absolute atomic E-state index is 12.6. The van der Waals surface area contributed by atoms with Crippen LogP contribution >= 0.6 is 7.60 Å². The topological polar surface area (TPSA) is 102 Å². The Morgan fingerprint density at radius 3 is 2.54 bits per heavy atom. The first-order valence-electron chi connectivity index (χ1n) is 9.02. The monoisotopic (exact) mass is 385 g/mol. The summed E-state index contributed by atoms with van der Waals surface area (Å²) < 4.78 is 25.2. The Balaban J connectivity index is 2.00. The summed E-state index contributed by atoms with van der Waals surface area (Å²) in [5, 5.41) is 0. The molecule has 2 heterocycles. The van der Waals surface area contributed by atoms with Crippen LogP contribution in [0.1, 0.15) is 27.2 Å². The number of hydrogen-bond acceptors (Lipinski definition) is 7. The molecule has 9 nitrogen and oxygen atoms in total. The third kappa shape index (κ3) is 5.48. The third-order valence-electron chi connectivity index (χ3n) is 3.95. The van der Waals surface area contributed by atoms with Crippen molar-refractivity contribution in [3.8, 4) is 0 Å². The SMILES string of the molecule is CCCN(CCn1cnc2c(=O)[nH]cnc21)CCP(=O)(OCC)OCC. The van der Waals surface area contributed by atoms with E-state index in [-0.39, 0.29) is 5.56 Å². The highest BCUT2D eigenvalue weighted by atomic mass is 31.2. The first-order chi connectivity index (χ1) is 12.5. The molecule has 0 radical (unpaired) electrons. The van der Waals surface area contributed by atoms with Crippen molar-refractivity contribution in [2.24, 2.45) is 0 Å². The lowest BCUT2D eigenvalue weighted by Gasteiger charge is -2.24. The second-order valence-corrected chi connectivity index (χ2v) is 8.04. The van der Waals surface area contributed by atoms with E-state index in [1.807, 2.05) is 18.4 Å². The fourth-order valence-electron chi connectivity index (χ4n) is 2.78. The molecule has 0 aromatic carbocycles. The molecule has 0 amide bonds. The van der Waals surface area contributed by atoms with Crippen LogP contribution in [0.25, 0.3) is 11.2 Å². The summed E-state index contributed by atoms with van der Waals surface area (Å²) in [6.07, 6.45) is 4.35. The van der Waals surface area contributed by atoms with E-state index in [1.54, 1.807) is 6.33 Å². The minimum Gasteiger partial charge on any atom is -0.314 e. The average Bonchev–Trinajstić information content (AvgIpc) is 3.02. The van der Waals surface area contributed by atoms with Crippen LogP contribution in [0, 0.1) is 0 Å². The zero-order chi connectivity index (χ0) is 19.0. The maximum atomic E-state index is 12.6. The normalized spacial score (nSPS) is 12.3. The van der Waals surface area contributed by atoms with E-state index < -0.39 is 7.60 Å². The van der Waals surface area contributed by atoms with Crippen molar-refractivity contribution >= 4 is 18.8 Å². The summed E-state index contributed by atoms with van der Waals surface area (Å²) in [5.74, 6) is 0. The number of nitrogens with zero attached hydrogens (tertiary/aromatic N) is 4. The van der Waals surface area contributed by atoms with Gasteiger partial charge in [-0.05, 0) is 26.8 Å².